The van der Waals surface area contributed by atoms with Crippen molar-refractivity contribution in [1.29, 1.82) is 0 Å². The Kier molecular flexibility index (Phi) is 3.51. The summed E-state index contributed by atoms with van der Waals surface area (Å²) < 4.78 is 42.2. The van der Waals surface area contributed by atoms with Crippen molar-refractivity contribution >= 4 is 17.3 Å². The first-order valence-corrected chi connectivity index (χ1v) is 5.55. The minimum Gasteiger partial charge on any atom is -0.463 e. The van der Waals surface area contributed by atoms with Gasteiger partial charge in [0.1, 0.15) is 12.3 Å². The smallest absolute Gasteiger partial charge is 0.416 e. The highest BCUT2D eigenvalue weighted by Gasteiger charge is 2.33. The molecule has 0 bridgehead atoms. The van der Waals surface area contributed by atoms with Gasteiger partial charge in [0.2, 0.25) is 0 Å². The van der Waals surface area contributed by atoms with Crippen molar-refractivity contribution in [2.45, 2.75) is 18.6 Å². The van der Waals surface area contributed by atoms with E-state index in [1.807, 2.05) is 0 Å². The number of anilines is 1. The van der Waals surface area contributed by atoms with Gasteiger partial charge in [-0.25, -0.2) is 0 Å². The quantitative estimate of drug-likeness (QED) is 0.525. The molecule has 1 aliphatic heterocycles. The molecule has 108 valence electrons. The number of carbonyl (C=O) groups is 1. The molecule has 1 fully saturated rings. The van der Waals surface area contributed by atoms with Crippen LogP contribution in [0.2, 0.25) is 0 Å². The van der Waals surface area contributed by atoms with E-state index in [-0.39, 0.29) is 18.7 Å². The Bertz CT molecular complexity index is 559. The molecule has 0 spiro atoms. The molecule has 6 nitrogen and oxygen atoms in total. The van der Waals surface area contributed by atoms with Crippen LogP contribution in [0.15, 0.2) is 18.2 Å². The molecule has 1 N–H and O–H groups in total. The number of nitro benzene ring substituents is 1. The predicted molar refractivity (Wildman–Crippen MR) is 61.1 cm³/mol. The molecule has 0 radical (unpaired) electrons. The predicted octanol–water partition coefficient (Wildman–Crippen LogP) is 2.34. The van der Waals surface area contributed by atoms with Crippen LogP contribution >= 0.6 is 0 Å². The van der Waals surface area contributed by atoms with Gasteiger partial charge in [-0.3, -0.25) is 14.9 Å². The molecule has 1 atom stereocenters. The normalized spacial score (nSPS) is 18.8. The molecule has 0 saturated carbocycles. The van der Waals surface area contributed by atoms with Gasteiger partial charge in [0.05, 0.1) is 22.9 Å². The van der Waals surface area contributed by atoms with Gasteiger partial charge < -0.3 is 10.1 Å². The van der Waals surface area contributed by atoms with Gasteiger partial charge in [-0.05, 0) is 12.1 Å². The number of alkyl halides is 3. The second-order valence-electron chi connectivity index (χ2n) is 4.22. The van der Waals surface area contributed by atoms with E-state index >= 15 is 0 Å². The van der Waals surface area contributed by atoms with E-state index in [0.717, 1.165) is 12.1 Å². The number of benzene rings is 1. The molecule has 9 heteroatoms. The molecule has 1 aliphatic rings. The molecular formula is C11H9F3N2O4. The Balaban J connectivity index is 2.28. The molecule has 0 amide bonds. The van der Waals surface area contributed by atoms with Gasteiger partial charge in [0.25, 0.3) is 5.69 Å². The lowest BCUT2D eigenvalue weighted by atomic mass is 10.1. The van der Waals surface area contributed by atoms with Crippen LogP contribution < -0.4 is 5.32 Å². The number of cyclic esters (lactones) is 1. The van der Waals surface area contributed by atoms with Crippen LogP contribution in [-0.2, 0) is 15.7 Å². The van der Waals surface area contributed by atoms with E-state index < -0.39 is 34.4 Å². The van der Waals surface area contributed by atoms with E-state index in [9.17, 15) is 28.1 Å². The van der Waals surface area contributed by atoms with Crippen LogP contribution in [-0.4, -0.2) is 23.5 Å². The Morgan fingerprint density at radius 2 is 2.10 bits per heavy atom. The van der Waals surface area contributed by atoms with E-state index in [1.54, 1.807) is 0 Å². The minimum absolute atomic E-state index is 0.0121. The molecule has 20 heavy (non-hydrogen) atoms. The fourth-order valence-corrected chi connectivity index (χ4v) is 1.81. The third-order valence-electron chi connectivity index (χ3n) is 2.74. The summed E-state index contributed by atoms with van der Waals surface area (Å²) >= 11 is 0. The summed E-state index contributed by atoms with van der Waals surface area (Å²) in [6, 6.07) is 1.69. The van der Waals surface area contributed by atoms with Crippen molar-refractivity contribution in [3.05, 3.63) is 33.9 Å². The second-order valence-corrected chi connectivity index (χ2v) is 4.22. The highest BCUT2D eigenvalue weighted by atomic mass is 19.4. The van der Waals surface area contributed by atoms with E-state index in [4.69, 9.17) is 0 Å². The molecule has 1 saturated heterocycles. The van der Waals surface area contributed by atoms with Crippen LogP contribution in [0.25, 0.3) is 0 Å². The number of ether oxygens (including phenoxy) is 1. The van der Waals surface area contributed by atoms with Crippen LogP contribution in [0.5, 0.6) is 0 Å². The molecule has 0 aromatic heterocycles. The summed E-state index contributed by atoms with van der Waals surface area (Å²) in [4.78, 5) is 20.8. The van der Waals surface area contributed by atoms with Crippen molar-refractivity contribution in [2.75, 3.05) is 11.9 Å². The van der Waals surface area contributed by atoms with E-state index in [0.29, 0.717) is 6.07 Å². The number of hydrogen-bond donors (Lipinski definition) is 1. The first kappa shape index (κ1) is 14.1. The van der Waals surface area contributed by atoms with Gasteiger partial charge in [-0.1, -0.05) is 0 Å². The third-order valence-corrected chi connectivity index (χ3v) is 2.74. The molecule has 1 heterocycles. The largest absolute Gasteiger partial charge is 0.463 e. The molecular weight excluding hydrogens is 281 g/mol. The van der Waals surface area contributed by atoms with Crippen molar-refractivity contribution in [3.8, 4) is 0 Å². The van der Waals surface area contributed by atoms with Crippen LogP contribution in [0, 0.1) is 10.1 Å². The number of rotatable bonds is 3. The average Bonchev–Trinajstić information content (AvgIpc) is 2.73. The summed E-state index contributed by atoms with van der Waals surface area (Å²) in [5, 5.41) is 13.5. The Morgan fingerprint density at radius 3 is 2.60 bits per heavy atom. The number of nitro groups is 1. The monoisotopic (exact) mass is 290 g/mol. The van der Waals surface area contributed by atoms with Gasteiger partial charge in [-0.15, -0.1) is 0 Å². The number of nitrogens with one attached hydrogen (secondary N) is 1. The van der Waals surface area contributed by atoms with Crippen molar-refractivity contribution in [3.63, 3.8) is 0 Å². The van der Waals surface area contributed by atoms with Crippen molar-refractivity contribution in [1.82, 2.24) is 0 Å². The molecule has 0 unspecified atom stereocenters. The summed E-state index contributed by atoms with van der Waals surface area (Å²) in [5.41, 5.74) is -1.88. The summed E-state index contributed by atoms with van der Waals surface area (Å²) in [6.45, 7) is 0.0248. The zero-order valence-corrected chi connectivity index (χ0v) is 9.94. The Labute approximate surface area is 110 Å². The second kappa shape index (κ2) is 4.99. The molecule has 0 aliphatic carbocycles. The number of hydrogen-bond acceptors (Lipinski definition) is 5. The highest BCUT2D eigenvalue weighted by Crippen LogP contribution is 2.35. The first-order valence-electron chi connectivity index (χ1n) is 5.55. The van der Waals surface area contributed by atoms with Gasteiger partial charge in [0.15, 0.2) is 0 Å². The molecule has 1 aromatic rings. The summed E-state index contributed by atoms with van der Waals surface area (Å²) in [5.74, 6) is -0.461. The number of nitrogens with zero attached hydrogens (tertiary/aromatic N) is 1. The third kappa shape index (κ3) is 2.98. The fourth-order valence-electron chi connectivity index (χ4n) is 1.81. The summed E-state index contributed by atoms with van der Waals surface area (Å²) in [6.07, 6.45) is -4.64. The van der Waals surface area contributed by atoms with Gasteiger partial charge >= 0.3 is 12.1 Å². The lowest BCUT2D eigenvalue weighted by Gasteiger charge is -2.13. The zero-order valence-electron chi connectivity index (χ0n) is 9.94. The van der Waals surface area contributed by atoms with E-state index in [1.165, 1.54) is 0 Å². The van der Waals surface area contributed by atoms with Crippen molar-refractivity contribution in [2.24, 2.45) is 0 Å². The topological polar surface area (TPSA) is 81.5 Å². The maximum absolute atomic E-state index is 12.5. The van der Waals surface area contributed by atoms with E-state index in [2.05, 4.69) is 10.1 Å². The maximum atomic E-state index is 12.5. The van der Waals surface area contributed by atoms with Crippen molar-refractivity contribution < 1.29 is 27.6 Å². The number of carbonyl (C=O) groups excluding carboxylic acids is 1. The Hall–Kier alpha value is -2.32. The fraction of sp³-hybridized carbons (Fsp3) is 0.364. The lowest BCUT2D eigenvalue weighted by molar-refractivity contribution is -0.384. The zero-order chi connectivity index (χ0) is 14.9. The SMILES string of the molecule is O=C1C[C@H](Nc2ccc(C(F)(F)F)cc2[N+](=O)[O-])CO1. The van der Waals surface area contributed by atoms with Crippen LogP contribution in [0.3, 0.4) is 0 Å². The first-order chi connectivity index (χ1) is 9.27. The number of halogens is 3. The lowest BCUT2D eigenvalue weighted by Crippen LogP contribution is -2.20. The average molecular weight is 290 g/mol. The van der Waals surface area contributed by atoms with Gasteiger partial charge in [-0.2, -0.15) is 13.2 Å². The van der Waals surface area contributed by atoms with Crippen LogP contribution in [0.1, 0.15) is 12.0 Å². The van der Waals surface area contributed by atoms with Crippen LogP contribution in [0.4, 0.5) is 24.5 Å². The Morgan fingerprint density at radius 1 is 1.40 bits per heavy atom. The minimum atomic E-state index is -4.66. The number of esters is 1. The molecule has 1 aromatic carbocycles. The molecule has 2 rings (SSSR count). The standard InChI is InChI=1S/C11H9F3N2O4/c12-11(13,14)6-1-2-8(9(3-6)16(18)19)15-7-4-10(17)20-5-7/h1-3,7,15H,4-5H2/t7-/m0/s1. The maximum Gasteiger partial charge on any atom is 0.416 e. The summed E-state index contributed by atoms with van der Waals surface area (Å²) in [7, 11) is 0. The highest BCUT2D eigenvalue weighted by molar-refractivity contribution is 5.74. The van der Waals surface area contributed by atoms with Gasteiger partial charge in [0, 0.05) is 6.07 Å².